The fraction of sp³-hybridized carbons (Fsp3) is 0. The molecule has 2 aromatic carbocycles. The molecule has 0 fully saturated rings. The topological polar surface area (TPSA) is 101 Å². The molecule has 6 N–H and O–H groups in total. The fourth-order valence-electron chi connectivity index (χ4n) is 1.98. The highest BCUT2D eigenvalue weighted by Gasteiger charge is 2.06. The van der Waals surface area contributed by atoms with Crippen LogP contribution in [0.15, 0.2) is 66.0 Å². The Balaban J connectivity index is 2.24. The lowest BCUT2D eigenvalue weighted by molar-refractivity contribution is -0.132. The van der Waals surface area contributed by atoms with Gasteiger partial charge in [-0.3, -0.25) is 5.84 Å². The molecule has 0 radical (unpaired) electrons. The lowest BCUT2D eigenvalue weighted by Crippen LogP contribution is -2.26. The Labute approximate surface area is 138 Å². The molecule has 23 heavy (non-hydrogen) atoms. The van der Waals surface area contributed by atoms with Crippen LogP contribution in [0.4, 0.5) is 0 Å². The van der Waals surface area contributed by atoms with E-state index in [0.29, 0.717) is 5.02 Å². The largest absolute Gasteiger partial charge is 0.477 e. The normalized spacial score (nSPS) is 12.1. The SMILES string of the molecule is NNC(/C=C/c1ccc(-c2ccccc2Cl)cc1)=C(\N)C(=O)O. The zero-order valence-electron chi connectivity index (χ0n) is 12.2. The molecule has 0 aliphatic rings. The Morgan fingerprint density at radius 1 is 1.13 bits per heavy atom. The molecule has 0 heterocycles. The Kier molecular flexibility index (Phi) is 5.41. The monoisotopic (exact) mass is 329 g/mol. The van der Waals surface area contributed by atoms with Crippen LogP contribution < -0.4 is 17.0 Å². The van der Waals surface area contributed by atoms with Gasteiger partial charge in [-0.2, -0.15) is 0 Å². The first-order valence-corrected chi connectivity index (χ1v) is 7.13. The third-order valence-electron chi connectivity index (χ3n) is 3.21. The zero-order valence-corrected chi connectivity index (χ0v) is 12.9. The number of hydrogen-bond donors (Lipinski definition) is 4. The molecule has 0 aromatic heterocycles. The van der Waals surface area contributed by atoms with Crippen LogP contribution in [-0.2, 0) is 4.79 Å². The van der Waals surface area contributed by atoms with Crippen molar-refractivity contribution in [3.63, 3.8) is 0 Å². The number of rotatable bonds is 5. The number of carboxylic acids is 1. The minimum atomic E-state index is -1.24. The molecule has 6 heteroatoms. The van der Waals surface area contributed by atoms with Gasteiger partial charge in [-0.05, 0) is 23.3 Å². The molecule has 2 aromatic rings. The first kappa shape index (κ1) is 16.6. The number of allylic oxidation sites excluding steroid dienone is 1. The number of nitrogens with two attached hydrogens (primary N) is 2. The minimum absolute atomic E-state index is 0.132. The summed E-state index contributed by atoms with van der Waals surface area (Å²) in [7, 11) is 0. The van der Waals surface area contributed by atoms with Crippen LogP contribution in [0.3, 0.4) is 0 Å². The van der Waals surface area contributed by atoms with Gasteiger partial charge < -0.3 is 16.3 Å². The molecule has 5 nitrogen and oxygen atoms in total. The van der Waals surface area contributed by atoms with Gasteiger partial charge in [0.2, 0.25) is 0 Å². The molecule has 0 aliphatic carbocycles. The molecule has 0 spiro atoms. The summed E-state index contributed by atoms with van der Waals surface area (Å²) < 4.78 is 0. The number of carbonyl (C=O) groups is 1. The molecule has 0 unspecified atom stereocenters. The zero-order chi connectivity index (χ0) is 16.8. The van der Waals surface area contributed by atoms with Gasteiger partial charge in [0.1, 0.15) is 5.70 Å². The van der Waals surface area contributed by atoms with Crippen LogP contribution >= 0.6 is 11.6 Å². The highest BCUT2D eigenvalue weighted by molar-refractivity contribution is 6.33. The number of aliphatic carboxylic acids is 1. The lowest BCUT2D eigenvalue weighted by atomic mass is 10.0. The van der Waals surface area contributed by atoms with Gasteiger partial charge >= 0.3 is 5.97 Å². The van der Waals surface area contributed by atoms with Gasteiger partial charge in [-0.15, -0.1) is 0 Å². The van der Waals surface area contributed by atoms with Gasteiger partial charge in [-0.1, -0.05) is 60.1 Å². The second-order valence-electron chi connectivity index (χ2n) is 4.71. The molecular formula is C17H16ClN3O2. The molecule has 2 rings (SSSR count). The minimum Gasteiger partial charge on any atom is -0.477 e. The second kappa shape index (κ2) is 7.49. The van der Waals surface area contributed by atoms with Crippen molar-refractivity contribution in [2.45, 2.75) is 0 Å². The average Bonchev–Trinajstić information content (AvgIpc) is 2.56. The number of halogens is 1. The van der Waals surface area contributed by atoms with Gasteiger partial charge in [0.15, 0.2) is 0 Å². The summed E-state index contributed by atoms with van der Waals surface area (Å²) in [6.45, 7) is 0. The van der Waals surface area contributed by atoms with Crippen molar-refractivity contribution in [3.8, 4) is 11.1 Å². The highest BCUT2D eigenvalue weighted by Crippen LogP contribution is 2.27. The van der Waals surface area contributed by atoms with E-state index in [1.54, 1.807) is 6.08 Å². The maximum absolute atomic E-state index is 10.8. The van der Waals surface area contributed by atoms with Crippen LogP contribution in [0.1, 0.15) is 5.56 Å². The highest BCUT2D eigenvalue weighted by atomic mass is 35.5. The van der Waals surface area contributed by atoms with Gasteiger partial charge in [-0.25, -0.2) is 4.79 Å². The molecular weight excluding hydrogens is 314 g/mol. The summed E-state index contributed by atoms with van der Waals surface area (Å²) in [4.78, 5) is 10.8. The molecule has 0 atom stereocenters. The van der Waals surface area contributed by atoms with E-state index >= 15 is 0 Å². The standard InChI is InChI=1S/C17H16ClN3O2/c18-14-4-2-1-3-13(14)12-8-5-11(6-9-12)7-10-15(21-20)16(19)17(22)23/h1-10,21H,19-20H2,(H,22,23)/b10-7+,16-15-. The van der Waals surface area contributed by atoms with E-state index < -0.39 is 5.97 Å². The Bertz CT molecular complexity index is 768. The third kappa shape index (κ3) is 4.12. The number of hydrogen-bond acceptors (Lipinski definition) is 4. The maximum atomic E-state index is 10.8. The first-order valence-electron chi connectivity index (χ1n) is 6.75. The summed E-state index contributed by atoms with van der Waals surface area (Å²) in [5.74, 6) is 4.04. The summed E-state index contributed by atoms with van der Waals surface area (Å²) in [6, 6.07) is 15.2. The molecule has 118 valence electrons. The molecule has 0 saturated carbocycles. The number of hydrazine groups is 1. The van der Waals surface area contributed by atoms with Crippen molar-refractivity contribution in [3.05, 3.63) is 76.6 Å². The molecule has 0 amide bonds. The number of carboxylic acid groups (broad SMARTS) is 1. The summed E-state index contributed by atoms with van der Waals surface area (Å²) in [6.07, 6.45) is 3.22. The quantitative estimate of drug-likeness (QED) is 0.292. The molecule has 0 aliphatic heterocycles. The molecule has 0 bridgehead atoms. The Hall–Kier alpha value is -2.76. The van der Waals surface area contributed by atoms with E-state index in [4.69, 9.17) is 28.3 Å². The van der Waals surface area contributed by atoms with Crippen molar-refractivity contribution in [1.82, 2.24) is 5.43 Å². The van der Waals surface area contributed by atoms with E-state index in [9.17, 15) is 4.79 Å². The van der Waals surface area contributed by atoms with Crippen molar-refractivity contribution < 1.29 is 9.90 Å². The van der Waals surface area contributed by atoms with Crippen LogP contribution in [0, 0.1) is 0 Å². The van der Waals surface area contributed by atoms with Gasteiger partial charge in [0.25, 0.3) is 0 Å². The van der Waals surface area contributed by atoms with E-state index in [-0.39, 0.29) is 11.4 Å². The van der Waals surface area contributed by atoms with Gasteiger partial charge in [0.05, 0.1) is 5.70 Å². The van der Waals surface area contributed by atoms with E-state index in [0.717, 1.165) is 16.7 Å². The second-order valence-corrected chi connectivity index (χ2v) is 5.12. The van der Waals surface area contributed by atoms with E-state index in [1.165, 1.54) is 6.08 Å². The Morgan fingerprint density at radius 2 is 1.78 bits per heavy atom. The number of benzene rings is 2. The lowest BCUT2D eigenvalue weighted by Gasteiger charge is -2.05. The molecule has 0 saturated heterocycles. The third-order valence-corrected chi connectivity index (χ3v) is 3.54. The van der Waals surface area contributed by atoms with Crippen LogP contribution in [0.25, 0.3) is 17.2 Å². The van der Waals surface area contributed by atoms with Crippen molar-refractivity contribution in [2.24, 2.45) is 11.6 Å². The van der Waals surface area contributed by atoms with Crippen LogP contribution in [-0.4, -0.2) is 11.1 Å². The Morgan fingerprint density at radius 3 is 2.35 bits per heavy atom. The van der Waals surface area contributed by atoms with E-state index in [1.807, 2.05) is 48.5 Å². The average molecular weight is 330 g/mol. The van der Waals surface area contributed by atoms with Crippen LogP contribution in [0.5, 0.6) is 0 Å². The van der Waals surface area contributed by atoms with Crippen molar-refractivity contribution >= 4 is 23.6 Å². The number of nitrogens with one attached hydrogen (secondary N) is 1. The van der Waals surface area contributed by atoms with Gasteiger partial charge in [0, 0.05) is 10.6 Å². The summed E-state index contributed by atoms with van der Waals surface area (Å²) in [5.41, 5.74) is 10.3. The van der Waals surface area contributed by atoms with Crippen LogP contribution in [0.2, 0.25) is 5.02 Å². The van der Waals surface area contributed by atoms with Crippen molar-refractivity contribution in [2.75, 3.05) is 0 Å². The first-order chi connectivity index (χ1) is 11.0. The summed E-state index contributed by atoms with van der Waals surface area (Å²) in [5, 5.41) is 9.53. The smallest absolute Gasteiger partial charge is 0.353 e. The fourth-order valence-corrected chi connectivity index (χ4v) is 2.22. The van der Waals surface area contributed by atoms with E-state index in [2.05, 4.69) is 5.43 Å². The predicted molar refractivity (Wildman–Crippen MR) is 92.1 cm³/mol. The van der Waals surface area contributed by atoms with Crippen molar-refractivity contribution in [1.29, 1.82) is 0 Å². The predicted octanol–water partition coefficient (Wildman–Crippen LogP) is 2.74. The summed E-state index contributed by atoms with van der Waals surface area (Å²) >= 11 is 6.17. The maximum Gasteiger partial charge on any atom is 0.353 e.